The Morgan fingerprint density at radius 1 is 1.07 bits per heavy atom. The molecule has 0 radical (unpaired) electrons. The zero-order valence-electron chi connectivity index (χ0n) is 15.4. The van der Waals surface area contributed by atoms with Gasteiger partial charge in [0.1, 0.15) is 0 Å². The lowest BCUT2D eigenvalue weighted by Gasteiger charge is -2.11. The van der Waals surface area contributed by atoms with E-state index in [-0.39, 0.29) is 25.4 Å². The summed E-state index contributed by atoms with van der Waals surface area (Å²) in [7, 11) is -1.96. The number of ether oxygens (including phenoxy) is 2. The molecule has 0 bridgehead atoms. The van der Waals surface area contributed by atoms with Crippen LogP contribution in [0, 0.1) is 6.92 Å². The van der Waals surface area contributed by atoms with E-state index in [1.165, 1.54) is 7.11 Å². The quantitative estimate of drug-likeness (QED) is 0.641. The molecule has 146 valence electrons. The zero-order valence-corrected chi connectivity index (χ0v) is 16.2. The van der Waals surface area contributed by atoms with Gasteiger partial charge in [-0.05, 0) is 30.2 Å². The third-order valence-electron chi connectivity index (χ3n) is 3.71. The van der Waals surface area contributed by atoms with Crippen LogP contribution in [-0.2, 0) is 21.4 Å². The second kappa shape index (κ2) is 9.94. The monoisotopic (exact) mass is 392 g/mol. The molecule has 0 unspecified atom stereocenters. The first-order valence-corrected chi connectivity index (χ1v) is 10.1. The maximum atomic E-state index is 12.0. The van der Waals surface area contributed by atoms with Gasteiger partial charge in [-0.15, -0.1) is 0 Å². The topological polar surface area (TPSA) is 93.7 Å². The van der Waals surface area contributed by atoms with Crippen molar-refractivity contribution >= 4 is 15.9 Å². The molecule has 0 aromatic heterocycles. The van der Waals surface area contributed by atoms with Crippen LogP contribution in [0.25, 0.3) is 0 Å². The van der Waals surface area contributed by atoms with Crippen molar-refractivity contribution in [1.82, 2.24) is 10.0 Å². The number of nitrogens with one attached hydrogen (secondary N) is 2. The van der Waals surface area contributed by atoms with Crippen LogP contribution in [0.15, 0.2) is 48.5 Å². The van der Waals surface area contributed by atoms with Crippen LogP contribution < -0.4 is 19.5 Å². The molecule has 2 aromatic carbocycles. The van der Waals surface area contributed by atoms with Gasteiger partial charge in [0, 0.05) is 13.1 Å². The van der Waals surface area contributed by atoms with Gasteiger partial charge < -0.3 is 14.8 Å². The predicted octanol–water partition coefficient (Wildman–Crippen LogP) is 1.62. The zero-order chi connectivity index (χ0) is 19.7. The van der Waals surface area contributed by atoms with Gasteiger partial charge in [-0.25, -0.2) is 13.1 Å². The maximum absolute atomic E-state index is 12.0. The molecular formula is C19H24N2O5S. The highest BCUT2D eigenvalue weighted by atomic mass is 32.2. The van der Waals surface area contributed by atoms with E-state index >= 15 is 0 Å². The molecule has 2 N–H and O–H groups in total. The molecule has 0 spiro atoms. The summed E-state index contributed by atoms with van der Waals surface area (Å²) in [5, 5.41) is 2.53. The van der Waals surface area contributed by atoms with E-state index in [1.54, 1.807) is 12.1 Å². The number of rotatable bonds is 10. The molecular weight excluding hydrogens is 368 g/mol. The van der Waals surface area contributed by atoms with Gasteiger partial charge in [0.05, 0.1) is 12.9 Å². The van der Waals surface area contributed by atoms with E-state index in [9.17, 15) is 13.2 Å². The van der Waals surface area contributed by atoms with Crippen LogP contribution in [0.3, 0.4) is 0 Å². The lowest BCUT2D eigenvalue weighted by Crippen LogP contribution is -2.36. The summed E-state index contributed by atoms with van der Waals surface area (Å²) >= 11 is 0. The average molecular weight is 392 g/mol. The number of carbonyl (C=O) groups excluding carboxylic acids is 1. The second-order valence-electron chi connectivity index (χ2n) is 5.92. The Hall–Kier alpha value is -2.58. The second-order valence-corrected chi connectivity index (χ2v) is 7.84. The third kappa shape index (κ3) is 7.28. The number of aryl methyl sites for hydroxylation is 1. The fraction of sp³-hybridized carbons (Fsp3) is 0.316. The van der Waals surface area contributed by atoms with E-state index in [4.69, 9.17) is 9.47 Å². The normalized spacial score (nSPS) is 11.0. The smallest absolute Gasteiger partial charge is 0.257 e. The van der Waals surface area contributed by atoms with Crippen LogP contribution >= 0.6 is 0 Å². The average Bonchev–Trinajstić information content (AvgIpc) is 2.66. The van der Waals surface area contributed by atoms with E-state index in [1.807, 2.05) is 43.3 Å². The Labute approximate surface area is 159 Å². The van der Waals surface area contributed by atoms with E-state index in [0.717, 1.165) is 11.1 Å². The molecule has 1 amide bonds. The number of methoxy groups -OCH3 is 1. The molecule has 0 heterocycles. The molecule has 0 aliphatic heterocycles. The summed E-state index contributed by atoms with van der Waals surface area (Å²) in [6, 6.07) is 14.6. The summed E-state index contributed by atoms with van der Waals surface area (Å²) < 4.78 is 37.1. The lowest BCUT2D eigenvalue weighted by atomic mass is 10.2. The van der Waals surface area contributed by atoms with E-state index in [2.05, 4.69) is 10.0 Å². The van der Waals surface area contributed by atoms with Crippen LogP contribution in [0.4, 0.5) is 0 Å². The summed E-state index contributed by atoms with van der Waals surface area (Å²) in [4.78, 5) is 11.9. The van der Waals surface area contributed by atoms with Crippen molar-refractivity contribution in [3.05, 3.63) is 59.7 Å². The summed E-state index contributed by atoms with van der Waals surface area (Å²) in [5.74, 6) is 0.376. The van der Waals surface area contributed by atoms with Gasteiger partial charge in [-0.1, -0.05) is 36.4 Å². The largest absolute Gasteiger partial charge is 0.493 e. The molecule has 2 rings (SSSR count). The number of hydrogen-bond acceptors (Lipinski definition) is 5. The summed E-state index contributed by atoms with van der Waals surface area (Å²) in [6.45, 7) is 1.91. The Morgan fingerprint density at radius 3 is 2.52 bits per heavy atom. The van der Waals surface area contributed by atoms with Gasteiger partial charge in [0.2, 0.25) is 10.0 Å². The summed E-state index contributed by atoms with van der Waals surface area (Å²) in [6.07, 6.45) is 0. The molecule has 0 saturated carbocycles. The molecule has 0 aliphatic rings. The lowest BCUT2D eigenvalue weighted by molar-refractivity contribution is -0.122. The maximum Gasteiger partial charge on any atom is 0.257 e. The van der Waals surface area contributed by atoms with Gasteiger partial charge in [0.15, 0.2) is 18.1 Å². The fourth-order valence-corrected chi connectivity index (χ4v) is 3.18. The number of sulfonamides is 1. The molecule has 7 nitrogen and oxygen atoms in total. The van der Waals surface area contributed by atoms with E-state index in [0.29, 0.717) is 11.5 Å². The minimum Gasteiger partial charge on any atom is -0.493 e. The van der Waals surface area contributed by atoms with Crippen LogP contribution in [0.2, 0.25) is 0 Å². The fourth-order valence-electron chi connectivity index (χ4n) is 2.27. The molecule has 0 atom stereocenters. The van der Waals surface area contributed by atoms with Crippen molar-refractivity contribution in [1.29, 1.82) is 0 Å². The number of hydrogen-bond donors (Lipinski definition) is 2. The van der Waals surface area contributed by atoms with Gasteiger partial charge in [-0.2, -0.15) is 0 Å². The van der Waals surface area contributed by atoms with Crippen molar-refractivity contribution in [3.63, 3.8) is 0 Å². The van der Waals surface area contributed by atoms with Crippen LogP contribution in [-0.4, -0.2) is 40.3 Å². The first kappa shape index (κ1) is 20.7. The molecule has 8 heteroatoms. The first-order valence-electron chi connectivity index (χ1n) is 8.45. The van der Waals surface area contributed by atoms with Crippen molar-refractivity contribution in [2.45, 2.75) is 13.5 Å². The molecule has 27 heavy (non-hydrogen) atoms. The first-order chi connectivity index (χ1) is 12.9. The number of carbonyl (C=O) groups is 1. The number of benzene rings is 2. The summed E-state index contributed by atoms with van der Waals surface area (Å²) in [5.41, 5.74) is 1.88. The standard InChI is InChI=1S/C19H24N2O5S/c1-15-8-9-17(18(12-15)25-2)26-14-19(22)20-10-11-27(23,24)21-13-16-6-4-3-5-7-16/h3-9,12,21H,10-11,13-14H2,1-2H3,(H,20,22). The van der Waals surface area contributed by atoms with Crippen molar-refractivity contribution in [2.75, 3.05) is 26.0 Å². The molecule has 0 aliphatic carbocycles. The molecule has 0 saturated heterocycles. The Balaban J connectivity index is 1.72. The highest BCUT2D eigenvalue weighted by Gasteiger charge is 2.12. The third-order valence-corrected chi connectivity index (χ3v) is 5.04. The Morgan fingerprint density at radius 2 is 1.81 bits per heavy atom. The van der Waals surface area contributed by atoms with Crippen molar-refractivity contribution < 1.29 is 22.7 Å². The van der Waals surface area contributed by atoms with Gasteiger partial charge >= 0.3 is 0 Å². The Kier molecular flexibility index (Phi) is 7.63. The van der Waals surface area contributed by atoms with Crippen LogP contribution in [0.5, 0.6) is 11.5 Å². The van der Waals surface area contributed by atoms with Crippen molar-refractivity contribution in [2.24, 2.45) is 0 Å². The van der Waals surface area contributed by atoms with Crippen molar-refractivity contribution in [3.8, 4) is 11.5 Å². The SMILES string of the molecule is COc1cc(C)ccc1OCC(=O)NCCS(=O)(=O)NCc1ccccc1. The Bertz CT molecular complexity index is 854. The highest BCUT2D eigenvalue weighted by Crippen LogP contribution is 2.27. The van der Waals surface area contributed by atoms with Crippen LogP contribution in [0.1, 0.15) is 11.1 Å². The van der Waals surface area contributed by atoms with Gasteiger partial charge in [0.25, 0.3) is 5.91 Å². The minimum atomic E-state index is -3.48. The highest BCUT2D eigenvalue weighted by molar-refractivity contribution is 7.89. The predicted molar refractivity (Wildman–Crippen MR) is 103 cm³/mol. The minimum absolute atomic E-state index is 0.00263. The number of amides is 1. The molecule has 0 fully saturated rings. The van der Waals surface area contributed by atoms with E-state index < -0.39 is 15.9 Å². The molecule has 2 aromatic rings. The van der Waals surface area contributed by atoms with Gasteiger partial charge in [-0.3, -0.25) is 4.79 Å².